The zero-order valence-corrected chi connectivity index (χ0v) is 14.1. The van der Waals surface area contributed by atoms with E-state index in [0.717, 1.165) is 37.9 Å². The molecule has 1 aromatic carbocycles. The number of hydrogen-bond donors (Lipinski definition) is 0. The number of ether oxygens (including phenoxy) is 1. The van der Waals surface area contributed by atoms with Crippen LogP contribution in [-0.2, 0) is 11.2 Å². The monoisotopic (exact) mass is 308 g/mol. The summed E-state index contributed by atoms with van der Waals surface area (Å²) < 4.78 is 5.65. The lowest BCUT2D eigenvalue weighted by molar-refractivity contribution is -0.125. The third-order valence-electron chi connectivity index (χ3n) is 5.99. The highest BCUT2D eigenvalue weighted by molar-refractivity contribution is 5.97. The van der Waals surface area contributed by atoms with Crippen molar-refractivity contribution in [3.05, 3.63) is 46.5 Å². The minimum Gasteiger partial charge on any atom is -0.494 e. The molecular formula is C21H24O2. The van der Waals surface area contributed by atoms with Crippen molar-refractivity contribution < 1.29 is 9.53 Å². The molecule has 0 aliphatic heterocycles. The third kappa shape index (κ3) is 2.04. The Morgan fingerprint density at radius 1 is 1.13 bits per heavy atom. The molecule has 0 bridgehead atoms. The summed E-state index contributed by atoms with van der Waals surface area (Å²) in [6, 6.07) is 6.53. The number of allylic oxidation sites excluding steroid dienone is 4. The van der Waals surface area contributed by atoms with Gasteiger partial charge in [0.2, 0.25) is 0 Å². The predicted octanol–water partition coefficient (Wildman–Crippen LogP) is 4.87. The van der Waals surface area contributed by atoms with Crippen LogP contribution >= 0.6 is 0 Å². The zero-order valence-electron chi connectivity index (χ0n) is 14.1. The van der Waals surface area contributed by atoms with Crippen LogP contribution in [0.5, 0.6) is 5.75 Å². The second-order valence-electron chi connectivity index (χ2n) is 6.89. The van der Waals surface area contributed by atoms with E-state index in [1.807, 2.05) is 6.92 Å². The smallest absolute Gasteiger partial charge is 0.147 e. The first-order valence-corrected chi connectivity index (χ1v) is 8.92. The second kappa shape index (κ2) is 5.36. The molecule has 0 aromatic heterocycles. The van der Waals surface area contributed by atoms with Gasteiger partial charge >= 0.3 is 0 Å². The first-order valence-electron chi connectivity index (χ1n) is 8.92. The number of benzene rings is 1. The Morgan fingerprint density at radius 3 is 2.78 bits per heavy atom. The Kier molecular flexibility index (Phi) is 3.44. The second-order valence-corrected chi connectivity index (χ2v) is 6.89. The lowest BCUT2D eigenvalue weighted by atomic mass is 9.63. The number of carbonyl (C=O) groups is 1. The van der Waals surface area contributed by atoms with E-state index in [4.69, 9.17) is 4.74 Å². The maximum Gasteiger partial charge on any atom is 0.147 e. The van der Waals surface area contributed by atoms with Crippen LogP contribution in [0.2, 0.25) is 0 Å². The first kappa shape index (κ1) is 14.7. The van der Waals surface area contributed by atoms with E-state index in [9.17, 15) is 4.79 Å². The molecule has 1 atom stereocenters. The van der Waals surface area contributed by atoms with Crippen molar-refractivity contribution >= 4 is 11.4 Å². The molecular weight excluding hydrogens is 284 g/mol. The molecule has 23 heavy (non-hydrogen) atoms. The van der Waals surface area contributed by atoms with Gasteiger partial charge in [0.1, 0.15) is 11.5 Å². The summed E-state index contributed by atoms with van der Waals surface area (Å²) in [6.07, 6.45) is 7.95. The fraction of sp³-hybridized carbons (Fsp3) is 0.476. The van der Waals surface area contributed by atoms with Gasteiger partial charge in [-0.25, -0.2) is 0 Å². The van der Waals surface area contributed by atoms with Crippen LogP contribution in [-0.4, -0.2) is 12.4 Å². The molecule has 0 amide bonds. The SMILES string of the molecule is CCOc1ccc2c(c1)CCC1=C2CC[C@]2(CC)C(=O)CC=C12. The summed E-state index contributed by atoms with van der Waals surface area (Å²) in [5.41, 5.74) is 6.95. The molecule has 0 heterocycles. The van der Waals surface area contributed by atoms with Crippen molar-refractivity contribution in [2.75, 3.05) is 6.61 Å². The molecule has 0 spiro atoms. The third-order valence-corrected chi connectivity index (χ3v) is 5.99. The van der Waals surface area contributed by atoms with Gasteiger partial charge in [-0.05, 0) is 79.0 Å². The van der Waals surface area contributed by atoms with Crippen LogP contribution in [0.3, 0.4) is 0 Å². The van der Waals surface area contributed by atoms with Crippen molar-refractivity contribution in [1.82, 2.24) is 0 Å². The van der Waals surface area contributed by atoms with Crippen molar-refractivity contribution in [2.24, 2.45) is 5.41 Å². The van der Waals surface area contributed by atoms with Crippen molar-refractivity contribution in [3.63, 3.8) is 0 Å². The molecule has 2 heteroatoms. The van der Waals surface area contributed by atoms with E-state index in [1.54, 1.807) is 0 Å². The average Bonchev–Trinajstić information content (AvgIpc) is 2.92. The summed E-state index contributed by atoms with van der Waals surface area (Å²) in [5, 5.41) is 0. The summed E-state index contributed by atoms with van der Waals surface area (Å²) in [7, 11) is 0. The number of ketones is 1. The lowest BCUT2D eigenvalue weighted by Crippen LogP contribution is -2.33. The van der Waals surface area contributed by atoms with Gasteiger partial charge in [-0.1, -0.05) is 19.1 Å². The Bertz CT molecular complexity index is 738. The van der Waals surface area contributed by atoms with Gasteiger partial charge in [0.25, 0.3) is 0 Å². The fourth-order valence-electron chi connectivity index (χ4n) is 4.81. The molecule has 0 saturated carbocycles. The van der Waals surface area contributed by atoms with Gasteiger partial charge in [0.15, 0.2) is 0 Å². The highest BCUT2D eigenvalue weighted by atomic mass is 16.5. The Labute approximate surface area is 138 Å². The van der Waals surface area contributed by atoms with E-state index in [-0.39, 0.29) is 5.41 Å². The Balaban J connectivity index is 1.79. The summed E-state index contributed by atoms with van der Waals surface area (Å²) in [5.74, 6) is 1.42. The van der Waals surface area contributed by atoms with Crippen LogP contribution in [0, 0.1) is 5.41 Å². The van der Waals surface area contributed by atoms with E-state index in [2.05, 4.69) is 31.2 Å². The molecule has 4 rings (SSSR count). The lowest BCUT2D eigenvalue weighted by Gasteiger charge is -2.39. The van der Waals surface area contributed by atoms with E-state index < -0.39 is 0 Å². The van der Waals surface area contributed by atoms with E-state index >= 15 is 0 Å². The standard InChI is InChI=1S/C21H24O2/c1-3-21-12-11-17-16-8-6-15(23-4-2)13-14(16)5-7-18(17)19(21)9-10-20(21)22/h6,8-9,13H,3-5,7,10-12H2,1-2H3/t21-/m0/s1. The minimum atomic E-state index is -0.165. The van der Waals surface area contributed by atoms with Crippen molar-refractivity contribution in [2.45, 2.75) is 52.4 Å². The van der Waals surface area contributed by atoms with Crippen molar-refractivity contribution in [3.8, 4) is 5.75 Å². The summed E-state index contributed by atoms with van der Waals surface area (Å²) in [4.78, 5) is 12.5. The molecule has 3 aliphatic carbocycles. The number of hydrogen-bond acceptors (Lipinski definition) is 2. The normalized spacial score (nSPS) is 25.7. The molecule has 0 unspecified atom stereocenters. The zero-order chi connectivity index (χ0) is 16.0. The van der Waals surface area contributed by atoms with E-state index in [1.165, 1.54) is 27.8 Å². The number of rotatable bonds is 3. The van der Waals surface area contributed by atoms with Crippen LogP contribution in [0.1, 0.15) is 57.1 Å². The Hall–Kier alpha value is -1.83. The van der Waals surface area contributed by atoms with E-state index in [0.29, 0.717) is 18.8 Å². The maximum absolute atomic E-state index is 12.5. The topological polar surface area (TPSA) is 26.3 Å². The van der Waals surface area contributed by atoms with Gasteiger partial charge < -0.3 is 4.74 Å². The highest BCUT2D eigenvalue weighted by Gasteiger charge is 2.47. The molecule has 1 aromatic rings. The molecule has 0 fully saturated rings. The van der Waals surface area contributed by atoms with Gasteiger partial charge in [0.05, 0.1) is 12.0 Å². The fourth-order valence-corrected chi connectivity index (χ4v) is 4.81. The number of fused-ring (bicyclic) bond motifs is 4. The molecule has 0 N–H and O–H groups in total. The average molecular weight is 308 g/mol. The molecule has 3 aliphatic rings. The molecule has 0 saturated heterocycles. The summed E-state index contributed by atoms with van der Waals surface area (Å²) in [6.45, 7) is 4.91. The van der Waals surface area contributed by atoms with Gasteiger partial charge in [-0.15, -0.1) is 0 Å². The summed E-state index contributed by atoms with van der Waals surface area (Å²) >= 11 is 0. The Morgan fingerprint density at radius 2 is 2.00 bits per heavy atom. The van der Waals surface area contributed by atoms with Gasteiger partial charge in [0, 0.05) is 6.42 Å². The van der Waals surface area contributed by atoms with Crippen molar-refractivity contribution in [1.29, 1.82) is 0 Å². The first-order chi connectivity index (χ1) is 11.2. The predicted molar refractivity (Wildman–Crippen MR) is 92.5 cm³/mol. The highest BCUT2D eigenvalue weighted by Crippen LogP contribution is 2.55. The number of carbonyl (C=O) groups excluding carboxylic acids is 1. The van der Waals surface area contributed by atoms with Crippen LogP contribution in [0.4, 0.5) is 0 Å². The van der Waals surface area contributed by atoms with Gasteiger partial charge in [-0.3, -0.25) is 4.79 Å². The quantitative estimate of drug-likeness (QED) is 0.796. The molecule has 120 valence electrons. The number of aryl methyl sites for hydroxylation is 1. The van der Waals surface area contributed by atoms with Crippen LogP contribution < -0.4 is 4.74 Å². The maximum atomic E-state index is 12.5. The van der Waals surface area contributed by atoms with Gasteiger partial charge in [-0.2, -0.15) is 0 Å². The minimum absolute atomic E-state index is 0.165. The molecule has 2 nitrogen and oxygen atoms in total. The van der Waals surface area contributed by atoms with Crippen LogP contribution in [0.15, 0.2) is 35.4 Å². The number of Topliss-reactive ketones (excluding diaryl/α,β-unsaturated/α-hetero) is 1. The van der Waals surface area contributed by atoms with Crippen LogP contribution in [0.25, 0.3) is 5.57 Å². The molecule has 0 radical (unpaired) electrons. The largest absolute Gasteiger partial charge is 0.494 e.